The Bertz CT molecular complexity index is 887. The van der Waals surface area contributed by atoms with Crippen molar-refractivity contribution in [2.45, 2.75) is 25.3 Å². The fraction of sp³-hybridized carbons (Fsp3) is 0.278. The van der Waals surface area contributed by atoms with Gasteiger partial charge in [0.15, 0.2) is 5.78 Å². The van der Waals surface area contributed by atoms with Gasteiger partial charge < -0.3 is 10.1 Å². The van der Waals surface area contributed by atoms with Crippen LogP contribution in [0.15, 0.2) is 41.7 Å². The largest absolute Gasteiger partial charge is 0.497 e. The molecule has 1 aliphatic heterocycles. The van der Waals surface area contributed by atoms with E-state index in [1.807, 2.05) is 24.3 Å². The van der Waals surface area contributed by atoms with Crippen LogP contribution in [0.1, 0.15) is 36.4 Å². The summed E-state index contributed by atoms with van der Waals surface area (Å²) in [5, 5.41) is 16.9. The Morgan fingerprint density at radius 2 is 2.12 bits per heavy atom. The molecule has 1 aromatic heterocycles. The third-order valence-corrected chi connectivity index (χ3v) is 4.59. The molecule has 4 rings (SSSR count). The molecule has 0 saturated carbocycles. The van der Waals surface area contributed by atoms with Crippen molar-refractivity contribution in [3.8, 4) is 11.8 Å². The first-order chi connectivity index (χ1) is 11.7. The molecular weight excluding hydrogens is 304 g/mol. The zero-order valence-corrected chi connectivity index (χ0v) is 13.2. The van der Waals surface area contributed by atoms with Crippen molar-refractivity contribution in [1.82, 2.24) is 9.78 Å². The van der Waals surface area contributed by atoms with Crippen molar-refractivity contribution in [3.05, 3.63) is 52.9 Å². The SMILES string of the molecule is COc1ccc([C@@H]2C3=C(CCCC3=O)Nc3c(C#N)cnn32)cc1. The number of rotatable bonds is 2. The summed E-state index contributed by atoms with van der Waals surface area (Å²) in [7, 11) is 1.62. The van der Waals surface area contributed by atoms with Crippen LogP contribution in [0.25, 0.3) is 0 Å². The molecule has 0 unspecified atom stereocenters. The Morgan fingerprint density at radius 3 is 2.83 bits per heavy atom. The van der Waals surface area contributed by atoms with Crippen LogP contribution in [0.5, 0.6) is 5.75 Å². The molecular formula is C18H16N4O2. The molecule has 0 fully saturated rings. The average Bonchev–Trinajstić information content (AvgIpc) is 3.03. The van der Waals surface area contributed by atoms with Gasteiger partial charge in [-0.05, 0) is 30.5 Å². The summed E-state index contributed by atoms with van der Waals surface area (Å²) < 4.78 is 6.96. The Labute approximate surface area is 139 Å². The maximum absolute atomic E-state index is 12.6. The van der Waals surface area contributed by atoms with Crippen LogP contribution in [0, 0.1) is 11.3 Å². The van der Waals surface area contributed by atoms with E-state index in [9.17, 15) is 10.1 Å². The highest BCUT2D eigenvalue weighted by Crippen LogP contribution is 2.41. The average molecular weight is 320 g/mol. The van der Waals surface area contributed by atoms with Gasteiger partial charge in [-0.3, -0.25) is 4.79 Å². The number of nitrogens with one attached hydrogen (secondary N) is 1. The number of carbonyl (C=O) groups excluding carboxylic acids is 1. The minimum Gasteiger partial charge on any atom is -0.497 e. The first-order valence-corrected chi connectivity index (χ1v) is 7.87. The first kappa shape index (κ1) is 14.5. The van der Waals surface area contributed by atoms with E-state index in [1.165, 1.54) is 0 Å². The number of benzene rings is 1. The van der Waals surface area contributed by atoms with Crippen molar-refractivity contribution in [2.24, 2.45) is 0 Å². The summed E-state index contributed by atoms with van der Waals surface area (Å²) in [6.45, 7) is 0. The van der Waals surface area contributed by atoms with E-state index in [4.69, 9.17) is 4.74 Å². The maximum Gasteiger partial charge on any atom is 0.163 e. The monoisotopic (exact) mass is 320 g/mol. The minimum absolute atomic E-state index is 0.143. The lowest BCUT2D eigenvalue weighted by atomic mass is 9.85. The highest BCUT2D eigenvalue weighted by molar-refractivity contribution is 5.99. The van der Waals surface area contributed by atoms with Crippen LogP contribution in [-0.4, -0.2) is 22.7 Å². The summed E-state index contributed by atoms with van der Waals surface area (Å²) in [5.41, 5.74) is 3.11. The van der Waals surface area contributed by atoms with E-state index in [-0.39, 0.29) is 11.8 Å². The molecule has 0 amide bonds. The number of ether oxygens (including phenoxy) is 1. The van der Waals surface area contributed by atoms with E-state index >= 15 is 0 Å². The Balaban J connectivity index is 1.90. The molecule has 1 atom stereocenters. The van der Waals surface area contributed by atoms with Gasteiger partial charge in [0.25, 0.3) is 0 Å². The van der Waals surface area contributed by atoms with Crippen molar-refractivity contribution < 1.29 is 9.53 Å². The second kappa shape index (κ2) is 5.53. The number of fused-ring (bicyclic) bond motifs is 1. The number of nitrogens with zero attached hydrogens (tertiary/aromatic N) is 3. The normalized spacial score (nSPS) is 19.2. The molecule has 24 heavy (non-hydrogen) atoms. The first-order valence-electron chi connectivity index (χ1n) is 7.87. The fourth-order valence-corrected chi connectivity index (χ4v) is 3.43. The standard InChI is InChI=1S/C18H16N4O2/c1-24-13-7-5-11(6-8-13)17-16-14(3-2-4-15(16)23)21-18-12(9-19)10-20-22(17)18/h5-8,10,17,21H,2-4H2,1H3/t17-/m1/s1. The Morgan fingerprint density at radius 1 is 1.33 bits per heavy atom. The topological polar surface area (TPSA) is 79.9 Å². The number of anilines is 1. The summed E-state index contributed by atoms with van der Waals surface area (Å²) in [6, 6.07) is 9.49. The molecule has 1 aromatic carbocycles. The van der Waals surface area contributed by atoms with Gasteiger partial charge in [-0.15, -0.1) is 0 Å². The van der Waals surface area contributed by atoms with Gasteiger partial charge in [-0.2, -0.15) is 10.4 Å². The number of hydrogen-bond donors (Lipinski definition) is 1. The number of methoxy groups -OCH3 is 1. The van der Waals surface area contributed by atoms with Crippen LogP contribution in [0.3, 0.4) is 0 Å². The van der Waals surface area contributed by atoms with Gasteiger partial charge in [-0.1, -0.05) is 12.1 Å². The third kappa shape index (κ3) is 2.09. The molecule has 2 heterocycles. The van der Waals surface area contributed by atoms with E-state index in [0.717, 1.165) is 35.4 Å². The van der Waals surface area contributed by atoms with Crippen molar-refractivity contribution in [1.29, 1.82) is 5.26 Å². The lowest BCUT2D eigenvalue weighted by Gasteiger charge is -2.33. The van der Waals surface area contributed by atoms with Crippen molar-refractivity contribution in [2.75, 3.05) is 12.4 Å². The van der Waals surface area contributed by atoms with Gasteiger partial charge >= 0.3 is 0 Å². The lowest BCUT2D eigenvalue weighted by molar-refractivity contribution is -0.116. The molecule has 0 saturated heterocycles. The maximum atomic E-state index is 12.6. The number of allylic oxidation sites excluding steroid dienone is 2. The summed E-state index contributed by atoms with van der Waals surface area (Å²) in [6.07, 6.45) is 3.73. The van der Waals surface area contributed by atoms with Gasteiger partial charge in [0, 0.05) is 17.7 Å². The van der Waals surface area contributed by atoms with Gasteiger partial charge in [0.2, 0.25) is 0 Å². The molecule has 0 bridgehead atoms. The second-order valence-corrected chi connectivity index (χ2v) is 5.93. The summed E-state index contributed by atoms with van der Waals surface area (Å²) in [5.74, 6) is 1.56. The summed E-state index contributed by atoms with van der Waals surface area (Å²) >= 11 is 0. The molecule has 0 radical (unpaired) electrons. The molecule has 2 aliphatic rings. The highest BCUT2D eigenvalue weighted by atomic mass is 16.5. The zero-order chi connectivity index (χ0) is 16.7. The van der Waals surface area contributed by atoms with Crippen LogP contribution < -0.4 is 10.1 Å². The van der Waals surface area contributed by atoms with E-state index in [0.29, 0.717) is 17.8 Å². The molecule has 6 heteroatoms. The Hall–Kier alpha value is -3.07. The fourth-order valence-electron chi connectivity index (χ4n) is 3.43. The number of Topliss-reactive ketones (excluding diaryl/α,β-unsaturated/α-hetero) is 1. The molecule has 120 valence electrons. The Kier molecular flexibility index (Phi) is 3.35. The smallest absolute Gasteiger partial charge is 0.163 e. The van der Waals surface area contributed by atoms with Crippen LogP contribution in [0.4, 0.5) is 5.82 Å². The third-order valence-electron chi connectivity index (χ3n) is 4.59. The van der Waals surface area contributed by atoms with E-state index in [1.54, 1.807) is 18.0 Å². The van der Waals surface area contributed by atoms with Crippen molar-refractivity contribution >= 4 is 11.6 Å². The number of hydrogen-bond acceptors (Lipinski definition) is 5. The van der Waals surface area contributed by atoms with Crippen LogP contribution in [-0.2, 0) is 4.79 Å². The van der Waals surface area contributed by atoms with Crippen LogP contribution in [0.2, 0.25) is 0 Å². The van der Waals surface area contributed by atoms with Gasteiger partial charge in [-0.25, -0.2) is 4.68 Å². The predicted molar refractivity (Wildman–Crippen MR) is 87.6 cm³/mol. The zero-order valence-electron chi connectivity index (χ0n) is 13.2. The van der Waals surface area contributed by atoms with E-state index < -0.39 is 0 Å². The lowest BCUT2D eigenvalue weighted by Crippen LogP contribution is -2.31. The highest BCUT2D eigenvalue weighted by Gasteiger charge is 2.36. The predicted octanol–water partition coefficient (Wildman–Crippen LogP) is 2.79. The summed E-state index contributed by atoms with van der Waals surface area (Å²) in [4.78, 5) is 12.6. The molecule has 2 aromatic rings. The number of nitriles is 1. The second-order valence-electron chi connectivity index (χ2n) is 5.93. The number of aromatic nitrogens is 2. The van der Waals surface area contributed by atoms with Gasteiger partial charge in [0.05, 0.1) is 13.3 Å². The van der Waals surface area contributed by atoms with Crippen LogP contribution >= 0.6 is 0 Å². The van der Waals surface area contributed by atoms with E-state index in [2.05, 4.69) is 16.5 Å². The van der Waals surface area contributed by atoms with Crippen molar-refractivity contribution in [3.63, 3.8) is 0 Å². The molecule has 0 spiro atoms. The minimum atomic E-state index is -0.308. The molecule has 6 nitrogen and oxygen atoms in total. The number of carbonyl (C=O) groups is 1. The number of ketones is 1. The molecule has 1 aliphatic carbocycles. The van der Waals surface area contributed by atoms with Gasteiger partial charge in [0.1, 0.15) is 29.2 Å². The molecule has 1 N–H and O–H groups in total. The quantitative estimate of drug-likeness (QED) is 0.920.